The number of carbonyl (C=O) groups is 3. The normalized spacial score (nSPS) is 13.4. The van der Waals surface area contributed by atoms with E-state index in [1.54, 1.807) is 54.6 Å². The highest BCUT2D eigenvalue weighted by atomic mass is 35.5. The van der Waals surface area contributed by atoms with Gasteiger partial charge in [0.05, 0.1) is 18.4 Å². The number of ether oxygens (including phenoxy) is 2. The summed E-state index contributed by atoms with van der Waals surface area (Å²) in [5, 5.41) is 3.19. The summed E-state index contributed by atoms with van der Waals surface area (Å²) in [5.41, 5.74) is 1.74. The van der Waals surface area contributed by atoms with E-state index in [4.69, 9.17) is 32.7 Å². The molecule has 0 saturated heterocycles. The van der Waals surface area contributed by atoms with Crippen LogP contribution in [0.15, 0.2) is 77.5 Å². The number of nitrogens with one attached hydrogen (secondary N) is 1. The van der Waals surface area contributed by atoms with Crippen molar-refractivity contribution in [2.24, 2.45) is 0 Å². The van der Waals surface area contributed by atoms with Gasteiger partial charge in [0.15, 0.2) is 0 Å². The molecule has 0 aromatic heterocycles. The molecule has 3 aromatic carbocycles. The van der Waals surface area contributed by atoms with Crippen LogP contribution < -0.4 is 19.7 Å². The number of para-hydroxylation sites is 2. The van der Waals surface area contributed by atoms with Gasteiger partial charge in [0.25, 0.3) is 11.8 Å². The first-order valence-corrected chi connectivity index (χ1v) is 10.8. The van der Waals surface area contributed by atoms with E-state index in [1.165, 1.54) is 19.2 Å². The van der Waals surface area contributed by atoms with Crippen LogP contribution in [0.5, 0.6) is 11.5 Å². The van der Waals surface area contributed by atoms with Gasteiger partial charge in [-0.25, -0.2) is 9.69 Å². The Morgan fingerprint density at radius 3 is 2.32 bits per heavy atom. The van der Waals surface area contributed by atoms with Crippen LogP contribution >= 0.6 is 23.2 Å². The average Bonchev–Trinajstić information content (AvgIpc) is 3.04. The van der Waals surface area contributed by atoms with E-state index in [9.17, 15) is 14.4 Å². The van der Waals surface area contributed by atoms with E-state index in [0.29, 0.717) is 27.8 Å². The van der Waals surface area contributed by atoms with E-state index in [0.717, 1.165) is 10.5 Å². The first-order chi connectivity index (χ1) is 16.3. The van der Waals surface area contributed by atoms with Crippen LogP contribution in [0, 0.1) is 6.92 Å². The fraction of sp³-hybridized carbons (Fsp3) is 0.0800. The SMILES string of the molecule is COc1ccccc1N1C(=O)C(Cl)=C(Nc2ccc(C(=O)Oc3ccc(Cl)c(C)c3)cc2)C1=O. The molecule has 9 heteroatoms. The highest BCUT2D eigenvalue weighted by Gasteiger charge is 2.40. The van der Waals surface area contributed by atoms with Crippen LogP contribution in [0.4, 0.5) is 11.4 Å². The molecule has 1 N–H and O–H groups in total. The molecule has 2 amide bonds. The van der Waals surface area contributed by atoms with Gasteiger partial charge >= 0.3 is 5.97 Å². The van der Waals surface area contributed by atoms with Crippen LogP contribution in [0.25, 0.3) is 0 Å². The number of aryl methyl sites for hydroxylation is 1. The monoisotopic (exact) mass is 496 g/mol. The highest BCUT2D eigenvalue weighted by molar-refractivity contribution is 6.53. The Kier molecular flexibility index (Phi) is 6.58. The van der Waals surface area contributed by atoms with Gasteiger partial charge in [-0.15, -0.1) is 0 Å². The summed E-state index contributed by atoms with van der Waals surface area (Å²) >= 11 is 12.2. The van der Waals surface area contributed by atoms with Gasteiger partial charge in [-0.05, 0) is 67.1 Å². The molecule has 0 aliphatic carbocycles. The minimum atomic E-state index is -0.669. The Morgan fingerprint density at radius 2 is 1.65 bits per heavy atom. The maximum absolute atomic E-state index is 13.0. The number of esters is 1. The van der Waals surface area contributed by atoms with E-state index >= 15 is 0 Å². The highest BCUT2D eigenvalue weighted by Crippen LogP contribution is 2.35. The molecule has 1 heterocycles. The van der Waals surface area contributed by atoms with E-state index in [2.05, 4.69) is 5.32 Å². The van der Waals surface area contributed by atoms with E-state index in [1.807, 2.05) is 6.92 Å². The Hall–Kier alpha value is -3.81. The maximum Gasteiger partial charge on any atom is 0.343 e. The smallest absolute Gasteiger partial charge is 0.343 e. The number of methoxy groups -OCH3 is 1. The largest absolute Gasteiger partial charge is 0.495 e. The van der Waals surface area contributed by atoms with Crippen LogP contribution in [0.1, 0.15) is 15.9 Å². The van der Waals surface area contributed by atoms with Gasteiger partial charge in [-0.2, -0.15) is 0 Å². The molecule has 0 bridgehead atoms. The fourth-order valence-electron chi connectivity index (χ4n) is 3.33. The zero-order valence-corrected chi connectivity index (χ0v) is 19.6. The molecule has 1 aliphatic rings. The number of imide groups is 1. The van der Waals surface area contributed by atoms with Crippen molar-refractivity contribution in [3.8, 4) is 11.5 Å². The molecule has 172 valence electrons. The second kappa shape index (κ2) is 9.59. The van der Waals surface area contributed by atoms with Crippen molar-refractivity contribution in [2.45, 2.75) is 6.92 Å². The third-order valence-corrected chi connectivity index (χ3v) is 5.86. The van der Waals surface area contributed by atoms with Crippen molar-refractivity contribution < 1.29 is 23.9 Å². The van der Waals surface area contributed by atoms with Crippen LogP contribution in [-0.2, 0) is 9.59 Å². The predicted molar refractivity (Wildman–Crippen MR) is 130 cm³/mol. The third kappa shape index (κ3) is 4.48. The summed E-state index contributed by atoms with van der Waals surface area (Å²) in [5.74, 6) is -1.12. The van der Waals surface area contributed by atoms with E-state index in [-0.39, 0.29) is 16.4 Å². The molecule has 7 nitrogen and oxygen atoms in total. The lowest BCUT2D eigenvalue weighted by atomic mass is 10.2. The van der Waals surface area contributed by atoms with Crippen molar-refractivity contribution in [3.05, 3.63) is 93.6 Å². The van der Waals surface area contributed by atoms with Gasteiger partial charge in [-0.3, -0.25) is 9.59 Å². The second-order valence-corrected chi connectivity index (χ2v) is 8.09. The summed E-state index contributed by atoms with van der Waals surface area (Å²) in [6.45, 7) is 1.81. The zero-order valence-electron chi connectivity index (χ0n) is 18.1. The number of halogens is 2. The second-order valence-electron chi connectivity index (χ2n) is 7.31. The Morgan fingerprint density at radius 1 is 0.941 bits per heavy atom. The van der Waals surface area contributed by atoms with Crippen molar-refractivity contribution in [1.82, 2.24) is 0 Å². The van der Waals surface area contributed by atoms with Crippen LogP contribution in [-0.4, -0.2) is 24.9 Å². The molecule has 3 aromatic rings. The molecule has 0 atom stereocenters. The molecule has 34 heavy (non-hydrogen) atoms. The number of anilines is 2. The molecule has 0 fully saturated rings. The molecular formula is C25H18Cl2N2O5. The Labute approximate surface area is 205 Å². The van der Waals surface area contributed by atoms with Crippen LogP contribution in [0.3, 0.4) is 0 Å². The van der Waals surface area contributed by atoms with Crippen molar-refractivity contribution in [3.63, 3.8) is 0 Å². The van der Waals surface area contributed by atoms with Gasteiger partial charge < -0.3 is 14.8 Å². The molecular weight excluding hydrogens is 479 g/mol. The van der Waals surface area contributed by atoms with Crippen molar-refractivity contribution >= 4 is 52.4 Å². The first-order valence-electron chi connectivity index (χ1n) is 10.1. The quantitative estimate of drug-likeness (QED) is 0.282. The summed E-state index contributed by atoms with van der Waals surface area (Å²) in [4.78, 5) is 39.1. The first kappa shape index (κ1) is 23.4. The minimum absolute atomic E-state index is 0.0791. The van der Waals surface area contributed by atoms with Gasteiger partial charge in [0, 0.05) is 10.7 Å². The van der Waals surface area contributed by atoms with Crippen molar-refractivity contribution in [1.29, 1.82) is 0 Å². The number of benzene rings is 3. The van der Waals surface area contributed by atoms with Gasteiger partial charge in [0.1, 0.15) is 22.2 Å². The third-order valence-electron chi connectivity index (χ3n) is 5.08. The lowest BCUT2D eigenvalue weighted by Gasteiger charge is -2.17. The molecule has 4 rings (SSSR count). The van der Waals surface area contributed by atoms with Crippen molar-refractivity contribution in [2.75, 3.05) is 17.3 Å². The zero-order chi connectivity index (χ0) is 24.4. The molecule has 0 saturated carbocycles. The number of carbonyl (C=O) groups excluding carboxylic acids is 3. The minimum Gasteiger partial charge on any atom is -0.495 e. The molecule has 1 aliphatic heterocycles. The number of nitrogens with zero attached hydrogens (tertiary/aromatic N) is 1. The summed E-state index contributed by atoms with van der Waals surface area (Å²) in [6.07, 6.45) is 0. The van der Waals surface area contributed by atoms with E-state index < -0.39 is 17.8 Å². The van der Waals surface area contributed by atoms with Gasteiger partial charge in [-0.1, -0.05) is 35.3 Å². The molecule has 0 radical (unpaired) electrons. The number of hydrogen-bond acceptors (Lipinski definition) is 6. The summed E-state index contributed by atoms with van der Waals surface area (Å²) in [7, 11) is 1.44. The average molecular weight is 497 g/mol. The number of rotatable bonds is 6. The number of amides is 2. The topological polar surface area (TPSA) is 84.9 Å². The lowest BCUT2D eigenvalue weighted by Crippen LogP contribution is -2.32. The maximum atomic E-state index is 13.0. The Bertz CT molecular complexity index is 1340. The summed E-state index contributed by atoms with van der Waals surface area (Å²) < 4.78 is 10.6. The van der Waals surface area contributed by atoms with Crippen LogP contribution in [0.2, 0.25) is 5.02 Å². The standard InChI is InChI=1S/C25H18Cl2N2O5/c1-14-13-17(11-12-18(14)26)34-25(32)15-7-9-16(10-8-15)28-22-21(27)23(30)29(24(22)31)19-5-3-4-6-20(19)33-2/h3-13,28H,1-2H3. The fourth-order valence-corrected chi connectivity index (χ4v) is 3.66. The number of hydrogen-bond donors (Lipinski definition) is 1. The molecule has 0 unspecified atom stereocenters. The van der Waals surface area contributed by atoms with Gasteiger partial charge in [0.2, 0.25) is 0 Å². The summed E-state index contributed by atoms with van der Waals surface area (Å²) in [6, 6.07) is 17.8. The molecule has 0 spiro atoms. The predicted octanol–water partition coefficient (Wildman–Crippen LogP) is 5.31. The lowest BCUT2D eigenvalue weighted by molar-refractivity contribution is -0.120. The Balaban J connectivity index is 1.49.